The Hall–Kier alpha value is -1.55. The first-order chi connectivity index (χ1) is 7.41. The molecule has 0 aliphatic carbocycles. The summed E-state index contributed by atoms with van der Waals surface area (Å²) >= 11 is 0. The van der Waals surface area contributed by atoms with Crippen molar-refractivity contribution in [2.75, 3.05) is 13.2 Å². The first-order valence-electron chi connectivity index (χ1n) is 4.32. The number of carbonyl (C=O) groups is 1. The van der Waals surface area contributed by atoms with Crippen molar-refractivity contribution in [1.29, 1.82) is 0 Å². The van der Waals surface area contributed by atoms with Crippen molar-refractivity contribution in [3.05, 3.63) is 0 Å². The maximum Gasteiger partial charge on any atom is 0.421 e. The third-order valence-corrected chi connectivity index (χ3v) is 2.31. The second kappa shape index (κ2) is 6.85. The van der Waals surface area contributed by atoms with Crippen LogP contribution >= 0.6 is 0 Å². The highest BCUT2D eigenvalue weighted by molar-refractivity contribution is 7.88. The summed E-state index contributed by atoms with van der Waals surface area (Å²) in [4.78, 5) is 10.8. The first-order valence-corrected chi connectivity index (χ1v) is 5.80. The zero-order valence-corrected chi connectivity index (χ0v) is 9.45. The van der Waals surface area contributed by atoms with Crippen LogP contribution in [0.2, 0.25) is 0 Å². The molecule has 16 heavy (non-hydrogen) atoms. The van der Waals surface area contributed by atoms with Crippen molar-refractivity contribution in [1.82, 2.24) is 9.44 Å². The lowest BCUT2D eigenvalue weighted by Crippen LogP contribution is -2.41. The van der Waals surface area contributed by atoms with Gasteiger partial charge in [0.05, 0.1) is 6.61 Å². The number of oxime groups is 1. The number of hydrogen-bond donors (Lipinski definition) is 4. The Morgan fingerprint density at radius 3 is 2.69 bits per heavy atom. The highest BCUT2D eigenvalue weighted by Crippen LogP contribution is 1.84. The lowest BCUT2D eigenvalue weighted by molar-refractivity contribution is 0.158. The van der Waals surface area contributed by atoms with Crippen LogP contribution in [0.1, 0.15) is 13.3 Å². The molecule has 0 aromatic carbocycles. The fourth-order valence-electron chi connectivity index (χ4n) is 0.670. The van der Waals surface area contributed by atoms with Crippen LogP contribution in [0.4, 0.5) is 4.79 Å². The van der Waals surface area contributed by atoms with Crippen LogP contribution in [-0.2, 0) is 14.9 Å². The molecule has 5 N–H and O–H groups in total. The molecule has 0 heterocycles. The van der Waals surface area contributed by atoms with Crippen LogP contribution < -0.4 is 15.2 Å². The number of nitrogens with zero attached hydrogens (tertiary/aromatic N) is 1. The predicted octanol–water partition coefficient (Wildman–Crippen LogP) is -1.30. The quantitative estimate of drug-likeness (QED) is 0.201. The minimum absolute atomic E-state index is 0.0141. The minimum Gasteiger partial charge on any atom is -0.449 e. The van der Waals surface area contributed by atoms with E-state index in [1.54, 1.807) is 4.72 Å². The number of amidine groups is 1. The van der Waals surface area contributed by atoms with E-state index in [1.165, 1.54) is 6.92 Å². The van der Waals surface area contributed by atoms with Gasteiger partial charge in [-0.3, -0.25) is 0 Å². The van der Waals surface area contributed by atoms with Crippen LogP contribution in [0.25, 0.3) is 0 Å². The molecule has 0 radical (unpaired) electrons. The van der Waals surface area contributed by atoms with Crippen molar-refractivity contribution in [2.45, 2.75) is 13.3 Å². The van der Waals surface area contributed by atoms with E-state index in [0.29, 0.717) is 0 Å². The van der Waals surface area contributed by atoms with Gasteiger partial charge in [0.15, 0.2) is 0 Å². The number of nitrogens with one attached hydrogen (secondary N) is 2. The van der Waals surface area contributed by atoms with Crippen molar-refractivity contribution < 1.29 is 23.2 Å². The van der Waals surface area contributed by atoms with Crippen molar-refractivity contribution in [3.8, 4) is 0 Å². The average molecular weight is 254 g/mol. The lowest BCUT2D eigenvalue weighted by Gasteiger charge is -2.07. The topological polar surface area (TPSA) is 143 Å². The molecular weight excluding hydrogens is 240 g/mol. The monoisotopic (exact) mass is 254 g/mol. The minimum atomic E-state index is -3.97. The third kappa shape index (κ3) is 6.84. The van der Waals surface area contributed by atoms with E-state index in [2.05, 4.69) is 9.89 Å². The van der Waals surface area contributed by atoms with E-state index in [1.807, 2.05) is 4.72 Å². The van der Waals surface area contributed by atoms with Gasteiger partial charge >= 0.3 is 16.3 Å². The van der Waals surface area contributed by atoms with E-state index in [-0.39, 0.29) is 25.4 Å². The Kier molecular flexibility index (Phi) is 6.18. The molecule has 0 rings (SSSR count). The molecule has 0 aliphatic heterocycles. The highest BCUT2D eigenvalue weighted by Gasteiger charge is 2.13. The van der Waals surface area contributed by atoms with Crippen LogP contribution in [0.5, 0.6) is 0 Å². The molecule has 9 nitrogen and oxygen atoms in total. The Labute approximate surface area is 92.8 Å². The molecule has 1 amide bonds. The van der Waals surface area contributed by atoms with E-state index in [0.717, 1.165) is 0 Å². The van der Waals surface area contributed by atoms with Gasteiger partial charge in [-0.1, -0.05) is 5.16 Å². The maximum absolute atomic E-state index is 11.1. The van der Waals surface area contributed by atoms with E-state index in [9.17, 15) is 13.2 Å². The highest BCUT2D eigenvalue weighted by atomic mass is 32.2. The summed E-state index contributed by atoms with van der Waals surface area (Å²) in [5, 5.41) is 10.8. The molecule has 0 bridgehead atoms. The summed E-state index contributed by atoms with van der Waals surface area (Å²) in [5.41, 5.74) is 5.10. The van der Waals surface area contributed by atoms with Gasteiger partial charge in [-0.2, -0.15) is 13.1 Å². The normalized spacial score (nSPS) is 12.2. The Morgan fingerprint density at radius 1 is 1.56 bits per heavy atom. The van der Waals surface area contributed by atoms with Crippen LogP contribution in [-0.4, -0.2) is 38.7 Å². The molecule has 0 saturated carbocycles. The predicted molar refractivity (Wildman–Crippen MR) is 55.1 cm³/mol. The van der Waals surface area contributed by atoms with Crippen LogP contribution in [0.15, 0.2) is 5.16 Å². The van der Waals surface area contributed by atoms with E-state index in [4.69, 9.17) is 10.9 Å². The first kappa shape index (κ1) is 14.5. The zero-order valence-electron chi connectivity index (χ0n) is 8.63. The van der Waals surface area contributed by atoms with Gasteiger partial charge in [0.25, 0.3) is 0 Å². The summed E-state index contributed by atoms with van der Waals surface area (Å²) in [6.45, 7) is 1.49. The smallest absolute Gasteiger partial charge is 0.421 e. The largest absolute Gasteiger partial charge is 0.449 e. The van der Waals surface area contributed by atoms with Crippen molar-refractivity contribution in [2.24, 2.45) is 10.9 Å². The van der Waals surface area contributed by atoms with Gasteiger partial charge in [-0.25, -0.2) is 9.52 Å². The fourth-order valence-corrected chi connectivity index (χ4v) is 1.39. The van der Waals surface area contributed by atoms with Gasteiger partial charge in [-0.05, 0) is 6.92 Å². The van der Waals surface area contributed by atoms with Gasteiger partial charge in [0.2, 0.25) is 0 Å². The van der Waals surface area contributed by atoms with E-state index < -0.39 is 16.3 Å². The number of ether oxygens (including phenoxy) is 1. The third-order valence-electron chi connectivity index (χ3n) is 1.29. The number of amides is 1. The van der Waals surface area contributed by atoms with Gasteiger partial charge in [-0.15, -0.1) is 0 Å². The SMILES string of the molecule is CCOC(=O)NS(=O)(=O)NCCC(N)=NO. The Morgan fingerprint density at radius 2 is 2.19 bits per heavy atom. The summed E-state index contributed by atoms with van der Waals surface area (Å²) in [6.07, 6.45) is -1.06. The fraction of sp³-hybridized carbons (Fsp3) is 0.667. The molecule has 0 aromatic heterocycles. The number of carbonyl (C=O) groups excluding carboxylic acids is 1. The molecule has 0 aromatic rings. The lowest BCUT2D eigenvalue weighted by atomic mass is 10.4. The van der Waals surface area contributed by atoms with Crippen LogP contribution in [0, 0.1) is 0 Å². The number of nitrogens with two attached hydrogens (primary N) is 1. The number of rotatable bonds is 6. The Balaban J connectivity index is 4.02. The van der Waals surface area contributed by atoms with Gasteiger partial charge in [0.1, 0.15) is 5.84 Å². The molecule has 0 saturated heterocycles. The molecule has 0 spiro atoms. The summed E-state index contributed by atoms with van der Waals surface area (Å²) in [6, 6.07) is 0. The number of hydrogen-bond acceptors (Lipinski definition) is 6. The van der Waals surface area contributed by atoms with Crippen LogP contribution in [0.3, 0.4) is 0 Å². The standard InChI is InChI=1S/C6H14N4O5S/c1-2-15-6(11)10-16(13,14)8-4-3-5(7)9-12/h8,12H,2-4H2,1H3,(H2,7,9)(H,10,11). The molecule has 94 valence electrons. The second-order valence-electron chi connectivity index (χ2n) is 2.56. The Bertz CT molecular complexity index is 352. The summed E-state index contributed by atoms with van der Waals surface area (Å²) in [7, 11) is -3.97. The van der Waals surface area contributed by atoms with Gasteiger partial charge in [0, 0.05) is 13.0 Å². The molecule has 0 aliphatic rings. The molecule has 0 atom stereocenters. The van der Waals surface area contributed by atoms with E-state index >= 15 is 0 Å². The zero-order chi connectivity index (χ0) is 12.6. The van der Waals surface area contributed by atoms with Crippen molar-refractivity contribution in [3.63, 3.8) is 0 Å². The van der Waals surface area contributed by atoms with Crippen molar-refractivity contribution >= 4 is 22.1 Å². The molecular formula is C6H14N4O5S. The summed E-state index contributed by atoms with van der Waals surface area (Å²) in [5.74, 6) is -0.126. The summed E-state index contributed by atoms with van der Waals surface area (Å²) < 4.78 is 30.2. The molecule has 10 heteroatoms. The second-order valence-corrected chi connectivity index (χ2v) is 4.06. The molecule has 0 fully saturated rings. The maximum atomic E-state index is 11.1. The average Bonchev–Trinajstić information content (AvgIpc) is 2.16. The van der Waals surface area contributed by atoms with Gasteiger partial charge < -0.3 is 15.7 Å². The molecule has 0 unspecified atom stereocenters.